The van der Waals surface area contributed by atoms with Crippen LogP contribution in [0.1, 0.15) is 36.5 Å². The van der Waals surface area contributed by atoms with E-state index in [1.165, 1.54) is 13.3 Å². The number of Topliss-reactive ketones (excluding diaryl/α,β-unsaturated/α-hetero) is 1. The molecule has 1 saturated heterocycles. The van der Waals surface area contributed by atoms with Crippen molar-refractivity contribution in [3.05, 3.63) is 29.8 Å². The predicted octanol–water partition coefficient (Wildman–Crippen LogP) is 2.54. The van der Waals surface area contributed by atoms with E-state index in [1.807, 2.05) is 11.9 Å². The molecule has 0 unspecified atom stereocenters. The lowest BCUT2D eigenvalue weighted by Gasteiger charge is -2.32. The van der Waals surface area contributed by atoms with E-state index in [0.717, 1.165) is 32.5 Å². The minimum absolute atomic E-state index is 0. The van der Waals surface area contributed by atoms with E-state index < -0.39 is 0 Å². The second-order valence-electron chi connectivity index (χ2n) is 6.09. The Balaban J connectivity index is 0.00000288. The van der Waals surface area contributed by atoms with Gasteiger partial charge in [-0.15, -0.1) is 12.4 Å². The van der Waals surface area contributed by atoms with E-state index in [0.29, 0.717) is 17.2 Å². The Morgan fingerprint density at radius 3 is 2.62 bits per heavy atom. The van der Waals surface area contributed by atoms with Gasteiger partial charge in [-0.1, -0.05) is 12.1 Å². The molecule has 0 spiro atoms. The summed E-state index contributed by atoms with van der Waals surface area (Å²) in [5, 5.41) is 3.18. The highest BCUT2D eigenvalue weighted by molar-refractivity contribution is 5.94. The maximum absolute atomic E-state index is 12.2. The highest BCUT2D eigenvalue weighted by Crippen LogP contribution is 2.20. The first-order valence-electron chi connectivity index (χ1n) is 8.26. The zero-order chi connectivity index (χ0) is 16.7. The first-order valence-corrected chi connectivity index (χ1v) is 8.26. The fourth-order valence-electron chi connectivity index (χ4n) is 2.86. The molecule has 2 rings (SSSR count). The average molecular weight is 355 g/mol. The summed E-state index contributed by atoms with van der Waals surface area (Å²) in [6, 6.07) is 6.96. The fourth-order valence-corrected chi connectivity index (χ4v) is 2.86. The minimum Gasteiger partial charge on any atom is -0.484 e. The topological polar surface area (TPSA) is 58.6 Å². The number of benzene rings is 1. The van der Waals surface area contributed by atoms with Crippen molar-refractivity contribution in [3.63, 3.8) is 0 Å². The van der Waals surface area contributed by atoms with Crippen molar-refractivity contribution in [1.29, 1.82) is 0 Å². The van der Waals surface area contributed by atoms with Gasteiger partial charge in [-0.3, -0.25) is 9.59 Å². The van der Waals surface area contributed by atoms with Crippen molar-refractivity contribution < 1.29 is 14.3 Å². The van der Waals surface area contributed by atoms with Crippen LogP contribution in [-0.4, -0.2) is 49.9 Å². The van der Waals surface area contributed by atoms with Gasteiger partial charge in [0.1, 0.15) is 5.75 Å². The largest absolute Gasteiger partial charge is 0.484 e. The number of ether oxygens (including phenoxy) is 1. The number of likely N-dealkylation sites (tertiary alicyclic amines) is 1. The Hall–Kier alpha value is -1.59. The molecule has 1 fully saturated rings. The van der Waals surface area contributed by atoms with Crippen LogP contribution in [0.2, 0.25) is 0 Å². The molecule has 1 aromatic rings. The van der Waals surface area contributed by atoms with Gasteiger partial charge in [0.05, 0.1) is 0 Å². The lowest BCUT2D eigenvalue weighted by atomic mass is 9.93. The van der Waals surface area contributed by atoms with Gasteiger partial charge in [0.15, 0.2) is 12.4 Å². The van der Waals surface area contributed by atoms with Gasteiger partial charge in [-0.05, 0) is 57.8 Å². The Morgan fingerprint density at radius 1 is 1.29 bits per heavy atom. The van der Waals surface area contributed by atoms with Crippen LogP contribution >= 0.6 is 12.4 Å². The molecule has 134 valence electrons. The molecule has 1 aliphatic rings. The van der Waals surface area contributed by atoms with E-state index in [4.69, 9.17) is 4.74 Å². The number of piperidine rings is 1. The van der Waals surface area contributed by atoms with Crippen LogP contribution < -0.4 is 10.1 Å². The molecule has 1 heterocycles. The maximum Gasteiger partial charge on any atom is 0.260 e. The third kappa shape index (κ3) is 6.13. The first kappa shape index (κ1) is 20.5. The molecule has 1 aromatic carbocycles. The number of carbonyl (C=O) groups excluding carboxylic acids is 2. The predicted molar refractivity (Wildman–Crippen MR) is 97.0 cm³/mol. The summed E-state index contributed by atoms with van der Waals surface area (Å²) >= 11 is 0. The summed E-state index contributed by atoms with van der Waals surface area (Å²) in [7, 11) is 1.97. The molecular weight excluding hydrogens is 328 g/mol. The highest BCUT2D eigenvalue weighted by Gasteiger charge is 2.22. The Labute approximate surface area is 150 Å². The van der Waals surface area contributed by atoms with Gasteiger partial charge in [-0.2, -0.15) is 0 Å². The third-order valence-corrected chi connectivity index (χ3v) is 4.37. The van der Waals surface area contributed by atoms with Gasteiger partial charge in [0.25, 0.3) is 5.91 Å². The number of amides is 1. The van der Waals surface area contributed by atoms with Crippen molar-refractivity contribution in [2.45, 2.75) is 26.2 Å². The molecule has 6 heteroatoms. The molecule has 0 radical (unpaired) electrons. The van der Waals surface area contributed by atoms with E-state index in [1.54, 1.807) is 24.3 Å². The number of carbonyl (C=O) groups is 2. The van der Waals surface area contributed by atoms with Crippen molar-refractivity contribution in [2.24, 2.45) is 5.92 Å². The van der Waals surface area contributed by atoms with Crippen LogP contribution in [0.5, 0.6) is 5.75 Å². The van der Waals surface area contributed by atoms with Crippen LogP contribution in [0.4, 0.5) is 0 Å². The number of rotatable bonds is 7. The van der Waals surface area contributed by atoms with E-state index in [2.05, 4.69) is 5.32 Å². The molecule has 0 bridgehead atoms. The lowest BCUT2D eigenvalue weighted by molar-refractivity contribution is -0.134. The van der Waals surface area contributed by atoms with Gasteiger partial charge < -0.3 is 15.0 Å². The van der Waals surface area contributed by atoms with Crippen LogP contribution in [0.15, 0.2) is 24.3 Å². The van der Waals surface area contributed by atoms with Crippen LogP contribution in [0.25, 0.3) is 0 Å². The van der Waals surface area contributed by atoms with Gasteiger partial charge in [0, 0.05) is 18.7 Å². The summed E-state index contributed by atoms with van der Waals surface area (Å²) in [4.78, 5) is 25.5. The molecule has 0 atom stereocenters. The lowest BCUT2D eigenvalue weighted by Crippen LogP contribution is -2.41. The normalized spacial score (nSPS) is 14.8. The summed E-state index contributed by atoms with van der Waals surface area (Å²) in [6.45, 7) is 4.20. The quantitative estimate of drug-likeness (QED) is 0.764. The second-order valence-corrected chi connectivity index (χ2v) is 6.09. The smallest absolute Gasteiger partial charge is 0.260 e. The van der Waals surface area contributed by atoms with Gasteiger partial charge in [-0.25, -0.2) is 0 Å². The summed E-state index contributed by atoms with van der Waals surface area (Å²) in [5.41, 5.74) is 0.597. The fraction of sp³-hybridized carbons (Fsp3) is 0.556. The number of nitrogens with one attached hydrogen (secondary N) is 1. The second kappa shape index (κ2) is 10.3. The molecule has 0 saturated carbocycles. The van der Waals surface area contributed by atoms with E-state index in [-0.39, 0.29) is 30.7 Å². The Morgan fingerprint density at radius 2 is 2.00 bits per heavy atom. The van der Waals surface area contributed by atoms with Gasteiger partial charge in [0.2, 0.25) is 0 Å². The van der Waals surface area contributed by atoms with Crippen molar-refractivity contribution in [2.75, 3.05) is 33.3 Å². The zero-order valence-corrected chi connectivity index (χ0v) is 15.2. The SMILES string of the molecule is CNCCC1CCN(C(=O)COc2cccc(C(C)=O)c2)CC1.Cl. The van der Waals surface area contributed by atoms with Crippen LogP contribution in [0.3, 0.4) is 0 Å². The number of halogens is 1. The molecule has 24 heavy (non-hydrogen) atoms. The van der Waals surface area contributed by atoms with Crippen LogP contribution in [-0.2, 0) is 4.79 Å². The Kier molecular flexibility index (Phi) is 8.79. The number of hydrogen-bond donors (Lipinski definition) is 1. The number of hydrogen-bond acceptors (Lipinski definition) is 4. The summed E-state index contributed by atoms with van der Waals surface area (Å²) in [6.07, 6.45) is 3.30. The van der Waals surface area contributed by atoms with E-state index in [9.17, 15) is 9.59 Å². The molecule has 0 aliphatic carbocycles. The molecule has 0 aromatic heterocycles. The molecular formula is C18H27ClN2O3. The van der Waals surface area contributed by atoms with Crippen molar-refractivity contribution in [1.82, 2.24) is 10.2 Å². The monoisotopic (exact) mass is 354 g/mol. The molecule has 1 N–H and O–H groups in total. The molecule has 5 nitrogen and oxygen atoms in total. The van der Waals surface area contributed by atoms with E-state index >= 15 is 0 Å². The zero-order valence-electron chi connectivity index (χ0n) is 14.4. The van der Waals surface area contributed by atoms with Crippen molar-refractivity contribution >= 4 is 24.1 Å². The summed E-state index contributed by atoms with van der Waals surface area (Å²) in [5.74, 6) is 1.28. The Bertz CT molecular complexity index is 543. The average Bonchev–Trinajstić information content (AvgIpc) is 2.58. The number of nitrogens with zero attached hydrogens (tertiary/aromatic N) is 1. The molecule has 1 amide bonds. The minimum atomic E-state index is -0.00887. The maximum atomic E-state index is 12.2. The third-order valence-electron chi connectivity index (χ3n) is 4.37. The van der Waals surface area contributed by atoms with Gasteiger partial charge >= 0.3 is 0 Å². The summed E-state index contributed by atoms with van der Waals surface area (Å²) < 4.78 is 5.55. The molecule has 1 aliphatic heterocycles. The standard InChI is InChI=1S/C18H26N2O3.ClH/c1-14(21)16-4-3-5-17(12-16)23-13-18(22)20-10-7-15(8-11-20)6-9-19-2;/h3-5,12,15,19H,6-11,13H2,1-2H3;1H. The van der Waals surface area contributed by atoms with Crippen molar-refractivity contribution in [3.8, 4) is 5.75 Å². The highest BCUT2D eigenvalue weighted by atomic mass is 35.5. The number of ketones is 1. The first-order chi connectivity index (χ1) is 11.1. The van der Waals surface area contributed by atoms with Crippen LogP contribution in [0, 0.1) is 5.92 Å².